The summed E-state index contributed by atoms with van der Waals surface area (Å²) in [5, 5.41) is 3.41. The van der Waals surface area contributed by atoms with Gasteiger partial charge in [0.2, 0.25) is 11.8 Å². The number of halogens is 3. The molecule has 0 fully saturated rings. The Kier molecular flexibility index (Phi) is 10.8. The van der Waals surface area contributed by atoms with Gasteiger partial charge in [-0.15, -0.1) is 0 Å². The van der Waals surface area contributed by atoms with Crippen LogP contribution in [0.1, 0.15) is 32.3 Å². The van der Waals surface area contributed by atoms with E-state index in [1.54, 1.807) is 25.1 Å². The average Bonchev–Trinajstić information content (AvgIpc) is 3.00. The van der Waals surface area contributed by atoms with E-state index < -0.39 is 40.2 Å². The molecule has 0 aliphatic carbocycles. The standard InChI is InChI=1S/C30H32Cl2FN3O6S/c1-3-4-13-34-30(38)20(2)35(18-21-5-11-25(31)26(32)16-21)29(37)19-36(23-8-6-22(33)7-9-23)43(39,40)24-10-12-27-28(17-24)42-15-14-41-27/h5-12,16-17,20H,3-4,13-15,18-19H2,1-2H3,(H,34,38). The van der Waals surface area contributed by atoms with Gasteiger partial charge in [0.25, 0.3) is 10.0 Å². The SMILES string of the molecule is CCCCNC(=O)C(C)N(Cc1ccc(Cl)c(Cl)c1)C(=O)CN(c1ccc(F)cc1)S(=O)(=O)c1ccc2c(c1)OCCO2. The van der Waals surface area contributed by atoms with Crippen LogP contribution in [0, 0.1) is 5.82 Å². The summed E-state index contributed by atoms with van der Waals surface area (Å²) in [5.41, 5.74) is 0.637. The molecule has 9 nitrogen and oxygen atoms in total. The molecule has 2 amide bonds. The highest BCUT2D eigenvalue weighted by molar-refractivity contribution is 7.92. The number of nitrogens with zero attached hydrogens (tertiary/aromatic N) is 2. The molecule has 4 rings (SSSR count). The summed E-state index contributed by atoms with van der Waals surface area (Å²) in [5.74, 6) is -1.01. The van der Waals surface area contributed by atoms with Crippen LogP contribution in [-0.2, 0) is 26.2 Å². The van der Waals surface area contributed by atoms with Gasteiger partial charge in [-0.2, -0.15) is 0 Å². The van der Waals surface area contributed by atoms with Crippen molar-refractivity contribution >= 4 is 50.7 Å². The molecule has 13 heteroatoms. The lowest BCUT2D eigenvalue weighted by atomic mass is 10.1. The van der Waals surface area contributed by atoms with Gasteiger partial charge in [0.15, 0.2) is 11.5 Å². The predicted octanol–water partition coefficient (Wildman–Crippen LogP) is 5.43. The maximum Gasteiger partial charge on any atom is 0.264 e. The van der Waals surface area contributed by atoms with Crippen LogP contribution in [0.5, 0.6) is 11.5 Å². The predicted molar refractivity (Wildman–Crippen MR) is 163 cm³/mol. The van der Waals surface area contributed by atoms with Gasteiger partial charge < -0.3 is 19.7 Å². The van der Waals surface area contributed by atoms with Crippen LogP contribution >= 0.6 is 23.2 Å². The quantitative estimate of drug-likeness (QED) is 0.262. The first kappa shape index (κ1) is 32.4. The topological polar surface area (TPSA) is 105 Å². The molecule has 3 aromatic carbocycles. The summed E-state index contributed by atoms with van der Waals surface area (Å²) >= 11 is 12.3. The number of sulfonamides is 1. The van der Waals surface area contributed by atoms with E-state index in [0.29, 0.717) is 29.5 Å². The van der Waals surface area contributed by atoms with E-state index in [1.807, 2.05) is 6.92 Å². The lowest BCUT2D eigenvalue weighted by molar-refractivity contribution is -0.139. The molecule has 0 bridgehead atoms. The number of fused-ring (bicyclic) bond motifs is 1. The fraction of sp³-hybridized carbons (Fsp3) is 0.333. The van der Waals surface area contributed by atoms with E-state index >= 15 is 0 Å². The van der Waals surface area contributed by atoms with Crippen LogP contribution < -0.4 is 19.1 Å². The van der Waals surface area contributed by atoms with Crippen molar-refractivity contribution in [3.8, 4) is 11.5 Å². The molecule has 1 aliphatic rings. The molecule has 1 heterocycles. The number of carbonyl (C=O) groups excluding carboxylic acids is 2. The van der Waals surface area contributed by atoms with Crippen molar-refractivity contribution in [3.05, 3.63) is 82.1 Å². The highest BCUT2D eigenvalue weighted by Crippen LogP contribution is 2.34. The summed E-state index contributed by atoms with van der Waals surface area (Å²) in [6, 6.07) is 12.7. The fourth-order valence-corrected chi connectivity index (χ4v) is 6.15. The Hall–Kier alpha value is -3.54. The second-order valence-corrected chi connectivity index (χ2v) is 12.6. The number of hydrogen-bond donors (Lipinski definition) is 1. The lowest BCUT2D eigenvalue weighted by Crippen LogP contribution is -2.51. The summed E-state index contributed by atoms with van der Waals surface area (Å²) in [6.45, 7) is 3.81. The number of ether oxygens (including phenoxy) is 2. The second-order valence-electron chi connectivity index (χ2n) is 9.88. The van der Waals surface area contributed by atoms with Crippen LogP contribution in [0.4, 0.5) is 10.1 Å². The first-order valence-electron chi connectivity index (χ1n) is 13.7. The molecule has 0 aromatic heterocycles. The Morgan fingerprint density at radius 2 is 1.67 bits per heavy atom. The van der Waals surface area contributed by atoms with Crippen molar-refractivity contribution in [2.24, 2.45) is 0 Å². The van der Waals surface area contributed by atoms with Gasteiger partial charge >= 0.3 is 0 Å². The van der Waals surface area contributed by atoms with Crippen molar-refractivity contribution in [2.45, 2.75) is 44.2 Å². The van der Waals surface area contributed by atoms with Crippen LogP contribution in [0.3, 0.4) is 0 Å². The van der Waals surface area contributed by atoms with Crippen molar-refractivity contribution in [1.29, 1.82) is 0 Å². The van der Waals surface area contributed by atoms with E-state index in [0.717, 1.165) is 29.3 Å². The molecule has 1 atom stereocenters. The minimum Gasteiger partial charge on any atom is -0.486 e. The largest absolute Gasteiger partial charge is 0.486 e. The number of anilines is 1. The minimum absolute atomic E-state index is 0.0548. The van der Waals surface area contributed by atoms with E-state index in [9.17, 15) is 22.4 Å². The summed E-state index contributed by atoms with van der Waals surface area (Å²) in [4.78, 5) is 28.2. The second kappa shape index (κ2) is 14.3. The van der Waals surface area contributed by atoms with Gasteiger partial charge in [-0.25, -0.2) is 12.8 Å². The lowest BCUT2D eigenvalue weighted by Gasteiger charge is -2.32. The van der Waals surface area contributed by atoms with Crippen molar-refractivity contribution < 1.29 is 31.9 Å². The van der Waals surface area contributed by atoms with Crippen molar-refractivity contribution in [2.75, 3.05) is 30.6 Å². The Bertz CT molecular complexity index is 1570. The average molecular weight is 653 g/mol. The third-order valence-electron chi connectivity index (χ3n) is 6.83. The van der Waals surface area contributed by atoms with Gasteiger partial charge in [0.05, 0.1) is 20.6 Å². The van der Waals surface area contributed by atoms with Gasteiger partial charge in [-0.05, 0) is 67.4 Å². The number of rotatable bonds is 12. The van der Waals surface area contributed by atoms with Crippen molar-refractivity contribution in [3.63, 3.8) is 0 Å². The van der Waals surface area contributed by atoms with Gasteiger partial charge in [-0.1, -0.05) is 42.6 Å². The van der Waals surface area contributed by atoms with Crippen LogP contribution in [-0.4, -0.2) is 57.5 Å². The monoisotopic (exact) mass is 651 g/mol. The third kappa shape index (κ3) is 7.90. The number of nitrogens with one attached hydrogen (secondary N) is 1. The highest BCUT2D eigenvalue weighted by atomic mass is 35.5. The number of benzene rings is 3. The number of hydrogen-bond acceptors (Lipinski definition) is 6. The molecule has 0 spiro atoms. The molecule has 43 heavy (non-hydrogen) atoms. The Balaban J connectivity index is 1.71. The molecule has 1 aliphatic heterocycles. The van der Waals surface area contributed by atoms with E-state index in [2.05, 4.69) is 5.32 Å². The maximum atomic E-state index is 14.0. The Labute approximate surface area is 260 Å². The first-order valence-corrected chi connectivity index (χ1v) is 15.9. The van der Waals surface area contributed by atoms with E-state index in [4.69, 9.17) is 32.7 Å². The van der Waals surface area contributed by atoms with E-state index in [-0.39, 0.29) is 34.5 Å². The van der Waals surface area contributed by atoms with Crippen LogP contribution in [0.2, 0.25) is 10.0 Å². The molecular weight excluding hydrogens is 620 g/mol. The van der Waals surface area contributed by atoms with Gasteiger partial charge in [0.1, 0.15) is 31.6 Å². The molecule has 0 saturated carbocycles. The Morgan fingerprint density at radius 3 is 2.35 bits per heavy atom. The van der Waals surface area contributed by atoms with E-state index in [1.165, 1.54) is 35.2 Å². The zero-order valence-corrected chi connectivity index (χ0v) is 26.0. The van der Waals surface area contributed by atoms with Gasteiger partial charge in [0, 0.05) is 19.2 Å². The molecular formula is C30H32Cl2FN3O6S. The van der Waals surface area contributed by atoms with Crippen LogP contribution in [0.15, 0.2) is 65.6 Å². The highest BCUT2D eigenvalue weighted by Gasteiger charge is 2.33. The van der Waals surface area contributed by atoms with Crippen molar-refractivity contribution in [1.82, 2.24) is 10.2 Å². The number of amides is 2. The fourth-order valence-electron chi connectivity index (χ4n) is 4.40. The van der Waals surface area contributed by atoms with Crippen LogP contribution in [0.25, 0.3) is 0 Å². The van der Waals surface area contributed by atoms with Gasteiger partial charge in [-0.3, -0.25) is 13.9 Å². The molecule has 0 saturated heterocycles. The minimum atomic E-state index is -4.39. The maximum absolute atomic E-state index is 14.0. The molecule has 1 unspecified atom stereocenters. The molecule has 3 aromatic rings. The summed E-state index contributed by atoms with van der Waals surface area (Å²) in [6.07, 6.45) is 1.62. The molecule has 230 valence electrons. The zero-order valence-electron chi connectivity index (χ0n) is 23.7. The summed E-state index contributed by atoms with van der Waals surface area (Å²) in [7, 11) is -4.39. The number of unbranched alkanes of at least 4 members (excludes halogenated alkanes) is 1. The smallest absolute Gasteiger partial charge is 0.264 e. The Morgan fingerprint density at radius 1 is 0.977 bits per heavy atom. The molecule has 1 N–H and O–H groups in total. The normalized spacial score (nSPS) is 13.2. The third-order valence-corrected chi connectivity index (χ3v) is 9.34. The molecule has 0 radical (unpaired) electrons. The zero-order chi connectivity index (χ0) is 31.1. The first-order chi connectivity index (χ1) is 20.5. The summed E-state index contributed by atoms with van der Waals surface area (Å²) < 4.78 is 53.9. The number of carbonyl (C=O) groups is 2.